The van der Waals surface area contributed by atoms with E-state index in [4.69, 9.17) is 32.4 Å². The number of halogens is 3. The molecule has 0 radical (unpaired) electrons. The van der Waals surface area contributed by atoms with Crippen LogP contribution in [0.5, 0.6) is 0 Å². The molecule has 0 aliphatic rings. The molecule has 128 valence electrons. The molecular weight excluding hydrogens is 357 g/mol. The molecule has 0 saturated heterocycles. The highest BCUT2D eigenvalue weighted by molar-refractivity contribution is 6.36. The third kappa shape index (κ3) is 6.74. The summed E-state index contributed by atoms with van der Waals surface area (Å²) in [5.74, 6) is 1.63. The van der Waals surface area contributed by atoms with Gasteiger partial charge < -0.3 is 14.5 Å². The Hall–Kier alpha value is -0.710. The molecule has 6 heteroatoms. The molecule has 2 rings (SSSR count). The number of furan rings is 1. The summed E-state index contributed by atoms with van der Waals surface area (Å²) in [6, 6.07) is 9.27. The van der Waals surface area contributed by atoms with E-state index in [2.05, 4.69) is 5.32 Å². The largest absolute Gasteiger partial charge is 0.460 e. The third-order valence-electron chi connectivity index (χ3n) is 3.11. The molecule has 1 heterocycles. The van der Waals surface area contributed by atoms with Gasteiger partial charge in [0.2, 0.25) is 0 Å². The molecule has 0 spiro atoms. The lowest BCUT2D eigenvalue weighted by atomic mass is 10.2. The van der Waals surface area contributed by atoms with Crippen LogP contribution in [0.25, 0.3) is 11.3 Å². The van der Waals surface area contributed by atoms with Crippen molar-refractivity contribution in [2.75, 3.05) is 13.2 Å². The van der Waals surface area contributed by atoms with E-state index in [1.165, 1.54) is 0 Å². The topological polar surface area (TPSA) is 34.4 Å². The van der Waals surface area contributed by atoms with Crippen molar-refractivity contribution in [3.8, 4) is 11.3 Å². The van der Waals surface area contributed by atoms with Gasteiger partial charge in [0.1, 0.15) is 11.5 Å². The van der Waals surface area contributed by atoms with Crippen LogP contribution in [0.2, 0.25) is 10.0 Å². The van der Waals surface area contributed by atoms with Crippen molar-refractivity contribution in [2.45, 2.75) is 32.9 Å². The second-order valence-electron chi connectivity index (χ2n) is 5.34. The third-order valence-corrected chi connectivity index (χ3v) is 3.65. The highest BCUT2D eigenvalue weighted by atomic mass is 35.5. The monoisotopic (exact) mass is 377 g/mol. The van der Waals surface area contributed by atoms with Gasteiger partial charge in [-0.1, -0.05) is 23.2 Å². The standard InChI is InChI=1S/C17H21Cl2NO2.ClH/c1-12(2)21-9-3-8-20-11-14-5-7-17(22-14)15-6-4-13(18)10-16(15)19;/h4-7,10,12,20H,3,8-9,11H2,1-2H3;1H. The number of nitrogens with one attached hydrogen (secondary N) is 1. The Balaban J connectivity index is 0.00000264. The van der Waals surface area contributed by atoms with Crippen LogP contribution < -0.4 is 5.32 Å². The Labute approximate surface area is 153 Å². The fourth-order valence-corrected chi connectivity index (χ4v) is 2.54. The van der Waals surface area contributed by atoms with Crippen molar-refractivity contribution >= 4 is 35.6 Å². The minimum Gasteiger partial charge on any atom is -0.460 e. The van der Waals surface area contributed by atoms with Crippen molar-refractivity contribution in [1.29, 1.82) is 0 Å². The predicted molar refractivity (Wildman–Crippen MR) is 98.8 cm³/mol. The second-order valence-corrected chi connectivity index (χ2v) is 6.18. The molecule has 0 amide bonds. The molecule has 0 aliphatic carbocycles. The summed E-state index contributed by atoms with van der Waals surface area (Å²) in [6.45, 7) is 6.44. The SMILES string of the molecule is CC(C)OCCCNCc1ccc(-c2ccc(Cl)cc2Cl)o1.Cl. The van der Waals surface area contributed by atoms with Crippen molar-refractivity contribution in [3.05, 3.63) is 46.1 Å². The molecule has 2 aromatic rings. The molecule has 1 aromatic heterocycles. The van der Waals surface area contributed by atoms with Crippen LogP contribution in [0.15, 0.2) is 34.7 Å². The molecule has 0 unspecified atom stereocenters. The number of benzene rings is 1. The van der Waals surface area contributed by atoms with Gasteiger partial charge in [-0.25, -0.2) is 0 Å². The van der Waals surface area contributed by atoms with Crippen LogP contribution in [0.4, 0.5) is 0 Å². The average molecular weight is 379 g/mol. The van der Waals surface area contributed by atoms with Gasteiger partial charge >= 0.3 is 0 Å². The minimum absolute atomic E-state index is 0. The van der Waals surface area contributed by atoms with Crippen molar-refractivity contribution in [2.24, 2.45) is 0 Å². The van der Waals surface area contributed by atoms with E-state index in [0.717, 1.165) is 36.7 Å². The number of hydrogen-bond donors (Lipinski definition) is 1. The summed E-state index contributed by atoms with van der Waals surface area (Å²) in [6.07, 6.45) is 1.27. The van der Waals surface area contributed by atoms with Crippen LogP contribution >= 0.6 is 35.6 Å². The van der Waals surface area contributed by atoms with Crippen LogP contribution in [0, 0.1) is 0 Å². The molecule has 0 bridgehead atoms. The highest BCUT2D eigenvalue weighted by Crippen LogP contribution is 2.31. The average Bonchev–Trinajstić information content (AvgIpc) is 2.91. The first kappa shape index (κ1) is 20.3. The summed E-state index contributed by atoms with van der Waals surface area (Å²) in [5, 5.41) is 4.54. The highest BCUT2D eigenvalue weighted by Gasteiger charge is 2.09. The van der Waals surface area contributed by atoms with E-state index in [0.29, 0.717) is 16.6 Å². The Bertz CT molecular complexity index is 599. The van der Waals surface area contributed by atoms with Crippen LogP contribution in [0.3, 0.4) is 0 Å². The maximum Gasteiger partial charge on any atom is 0.135 e. The van der Waals surface area contributed by atoms with Crippen molar-refractivity contribution in [1.82, 2.24) is 5.32 Å². The molecule has 0 saturated carbocycles. The molecule has 0 fully saturated rings. The molecule has 3 nitrogen and oxygen atoms in total. The zero-order valence-corrected chi connectivity index (χ0v) is 15.6. The Morgan fingerprint density at radius 1 is 1.17 bits per heavy atom. The van der Waals surface area contributed by atoms with Gasteiger partial charge in [-0.15, -0.1) is 12.4 Å². The fraction of sp³-hybridized carbons (Fsp3) is 0.412. The summed E-state index contributed by atoms with van der Waals surface area (Å²) in [5.41, 5.74) is 0.850. The minimum atomic E-state index is 0. The lowest BCUT2D eigenvalue weighted by Gasteiger charge is -2.07. The zero-order valence-electron chi connectivity index (χ0n) is 13.3. The van der Waals surface area contributed by atoms with E-state index in [9.17, 15) is 0 Å². The van der Waals surface area contributed by atoms with Gasteiger partial charge in [0.05, 0.1) is 17.7 Å². The van der Waals surface area contributed by atoms with Crippen LogP contribution in [-0.2, 0) is 11.3 Å². The smallest absolute Gasteiger partial charge is 0.135 e. The quantitative estimate of drug-likeness (QED) is 0.609. The molecular formula is C17H22Cl3NO2. The summed E-state index contributed by atoms with van der Waals surface area (Å²) in [4.78, 5) is 0. The molecule has 1 N–H and O–H groups in total. The lowest BCUT2D eigenvalue weighted by Crippen LogP contribution is -2.17. The Morgan fingerprint density at radius 2 is 1.96 bits per heavy atom. The van der Waals surface area contributed by atoms with Crippen LogP contribution in [-0.4, -0.2) is 19.3 Å². The first-order valence-corrected chi connectivity index (χ1v) is 8.18. The first-order valence-electron chi connectivity index (χ1n) is 7.42. The van der Waals surface area contributed by atoms with Gasteiger partial charge in [-0.2, -0.15) is 0 Å². The van der Waals surface area contributed by atoms with Gasteiger partial charge in [0.15, 0.2) is 0 Å². The summed E-state index contributed by atoms with van der Waals surface area (Å²) >= 11 is 12.1. The maximum absolute atomic E-state index is 6.19. The van der Waals surface area contributed by atoms with E-state index in [1.807, 2.05) is 32.0 Å². The van der Waals surface area contributed by atoms with E-state index in [-0.39, 0.29) is 18.5 Å². The first-order chi connectivity index (χ1) is 10.6. The molecule has 0 atom stereocenters. The summed E-state index contributed by atoms with van der Waals surface area (Å²) in [7, 11) is 0. The Morgan fingerprint density at radius 3 is 2.65 bits per heavy atom. The van der Waals surface area contributed by atoms with Gasteiger partial charge in [-0.05, 0) is 57.1 Å². The summed E-state index contributed by atoms with van der Waals surface area (Å²) < 4.78 is 11.3. The Kier molecular flexibility index (Phi) is 9.03. The number of hydrogen-bond acceptors (Lipinski definition) is 3. The zero-order chi connectivity index (χ0) is 15.9. The maximum atomic E-state index is 6.19. The lowest BCUT2D eigenvalue weighted by molar-refractivity contribution is 0.0770. The normalized spacial score (nSPS) is 10.8. The van der Waals surface area contributed by atoms with E-state index in [1.54, 1.807) is 12.1 Å². The van der Waals surface area contributed by atoms with Crippen molar-refractivity contribution in [3.63, 3.8) is 0 Å². The molecule has 1 aromatic carbocycles. The number of rotatable bonds is 8. The van der Waals surface area contributed by atoms with E-state index < -0.39 is 0 Å². The molecule has 23 heavy (non-hydrogen) atoms. The predicted octanol–water partition coefficient (Wildman–Crippen LogP) is 5.58. The molecule has 0 aliphatic heterocycles. The van der Waals surface area contributed by atoms with Crippen molar-refractivity contribution < 1.29 is 9.15 Å². The second kappa shape index (κ2) is 10.2. The van der Waals surface area contributed by atoms with Gasteiger partial charge in [-0.3, -0.25) is 0 Å². The number of ether oxygens (including phenoxy) is 1. The fourth-order valence-electron chi connectivity index (χ4n) is 2.03. The van der Waals surface area contributed by atoms with Gasteiger partial charge in [0.25, 0.3) is 0 Å². The van der Waals surface area contributed by atoms with E-state index >= 15 is 0 Å². The van der Waals surface area contributed by atoms with Crippen LogP contribution in [0.1, 0.15) is 26.0 Å². The van der Waals surface area contributed by atoms with Gasteiger partial charge in [0, 0.05) is 17.2 Å².